The lowest BCUT2D eigenvalue weighted by molar-refractivity contribution is -0.187. The Morgan fingerprint density at radius 3 is 2.42 bits per heavy atom. The first kappa shape index (κ1) is 22.0. The molecule has 5 fully saturated rings. The summed E-state index contributed by atoms with van der Waals surface area (Å²) >= 11 is 0. The van der Waals surface area contributed by atoms with E-state index in [1.807, 2.05) is 0 Å². The Bertz CT molecular complexity index is 1420. The SMILES string of the molecule is N#Cc1ccc(N2C[C@]3(c4nnc(C56CCC(N)(CC5)CC6)o4)C[C@]3(C(F)(F)F)C2)c2cccnc12. The second-order valence-corrected chi connectivity index (χ2v) is 11.4. The number of fused-ring (bicyclic) bond motifs is 5. The number of hydrogen-bond donors (Lipinski definition) is 1. The van der Waals surface area contributed by atoms with Gasteiger partial charge in [-0.25, -0.2) is 0 Å². The Hall–Kier alpha value is -3.19. The van der Waals surface area contributed by atoms with Crippen molar-refractivity contribution < 1.29 is 17.6 Å². The van der Waals surface area contributed by atoms with Crippen molar-refractivity contribution in [2.75, 3.05) is 18.0 Å². The quantitative estimate of drug-likeness (QED) is 0.571. The van der Waals surface area contributed by atoms with Crippen LogP contribution in [0.1, 0.15) is 62.3 Å². The van der Waals surface area contributed by atoms with E-state index in [-0.39, 0.29) is 36.4 Å². The van der Waals surface area contributed by atoms with Crippen LogP contribution < -0.4 is 10.6 Å². The van der Waals surface area contributed by atoms with Gasteiger partial charge in [0.25, 0.3) is 0 Å². The number of alkyl halides is 3. The highest BCUT2D eigenvalue weighted by Gasteiger charge is 2.86. The van der Waals surface area contributed by atoms with Crippen molar-refractivity contribution in [3.63, 3.8) is 0 Å². The van der Waals surface area contributed by atoms with Crippen LogP contribution in [0.3, 0.4) is 0 Å². The molecule has 1 aliphatic heterocycles. The first-order valence-corrected chi connectivity index (χ1v) is 12.4. The molecule has 4 aliphatic carbocycles. The molecule has 4 saturated carbocycles. The van der Waals surface area contributed by atoms with Gasteiger partial charge in [-0.3, -0.25) is 4.98 Å². The number of benzene rings is 1. The number of nitrogens with zero attached hydrogens (tertiary/aromatic N) is 5. The minimum Gasteiger partial charge on any atom is -0.424 e. The van der Waals surface area contributed by atoms with Gasteiger partial charge in [0, 0.05) is 41.3 Å². The molecule has 10 heteroatoms. The Kier molecular flexibility index (Phi) is 4.14. The van der Waals surface area contributed by atoms with Crippen molar-refractivity contribution in [1.82, 2.24) is 15.2 Å². The number of hydrogen-bond acceptors (Lipinski definition) is 7. The maximum atomic E-state index is 14.6. The van der Waals surface area contributed by atoms with Crippen LogP contribution in [0, 0.1) is 16.7 Å². The van der Waals surface area contributed by atoms with E-state index in [0.717, 1.165) is 38.5 Å². The zero-order valence-electron chi connectivity index (χ0n) is 19.6. The van der Waals surface area contributed by atoms with E-state index in [2.05, 4.69) is 21.3 Å². The molecular weight excluding hydrogens is 469 g/mol. The molecule has 1 aromatic carbocycles. The van der Waals surface area contributed by atoms with Gasteiger partial charge in [-0.05, 0) is 69.2 Å². The zero-order chi connectivity index (χ0) is 25.0. The predicted molar refractivity (Wildman–Crippen MR) is 124 cm³/mol. The summed E-state index contributed by atoms with van der Waals surface area (Å²) in [5.41, 5.74) is 4.31. The number of rotatable bonds is 3. The van der Waals surface area contributed by atoms with E-state index in [0.29, 0.717) is 28.0 Å². The summed E-state index contributed by atoms with van der Waals surface area (Å²) in [7, 11) is 0. The molecule has 3 aromatic rings. The second-order valence-electron chi connectivity index (χ2n) is 11.4. The average molecular weight is 495 g/mol. The molecule has 5 aliphatic rings. The molecule has 0 spiro atoms. The standard InChI is InChI=1S/C26H25F3N6O/c27-26(28,29)25-13-24(25,21-34-33-20(36-21)22-5-8-23(31,9-6-22)10-7-22)14-35(15-25)18-4-3-16(12-30)19-17(18)2-1-11-32-19/h1-4,11H,5-10,13-15,31H2/t22?,23?,24-,25-/m0/s1. The molecule has 2 bridgehead atoms. The summed E-state index contributed by atoms with van der Waals surface area (Å²) in [6.07, 6.45) is 2.20. The topological polar surface area (TPSA) is 105 Å². The maximum Gasteiger partial charge on any atom is 0.397 e. The van der Waals surface area contributed by atoms with Gasteiger partial charge >= 0.3 is 6.18 Å². The van der Waals surface area contributed by atoms with Crippen LogP contribution in [0.25, 0.3) is 10.9 Å². The van der Waals surface area contributed by atoms with E-state index in [9.17, 15) is 18.4 Å². The van der Waals surface area contributed by atoms with Gasteiger partial charge in [0.2, 0.25) is 11.8 Å². The predicted octanol–water partition coefficient (Wildman–Crippen LogP) is 4.50. The van der Waals surface area contributed by atoms with Gasteiger partial charge < -0.3 is 15.1 Å². The molecule has 2 N–H and O–H groups in total. The number of piperidine rings is 1. The first-order valence-electron chi connectivity index (χ1n) is 12.4. The lowest BCUT2D eigenvalue weighted by atomic mass is 9.57. The van der Waals surface area contributed by atoms with Gasteiger partial charge in [0.05, 0.1) is 16.5 Å². The van der Waals surface area contributed by atoms with Crippen molar-refractivity contribution in [1.29, 1.82) is 5.26 Å². The third-order valence-corrected chi connectivity index (χ3v) is 9.66. The minimum absolute atomic E-state index is 0.0625. The molecular formula is C26H25F3N6O. The van der Waals surface area contributed by atoms with Gasteiger partial charge in [-0.2, -0.15) is 18.4 Å². The summed E-state index contributed by atoms with van der Waals surface area (Å²) < 4.78 is 50.0. The lowest BCUT2D eigenvalue weighted by Crippen LogP contribution is -2.53. The van der Waals surface area contributed by atoms with E-state index in [4.69, 9.17) is 10.2 Å². The minimum atomic E-state index is -4.43. The molecule has 7 nitrogen and oxygen atoms in total. The highest BCUT2D eigenvalue weighted by molar-refractivity contribution is 5.95. The normalized spacial score (nSPS) is 35.1. The monoisotopic (exact) mass is 494 g/mol. The fourth-order valence-electron chi connectivity index (χ4n) is 7.26. The molecule has 8 rings (SSSR count). The van der Waals surface area contributed by atoms with Gasteiger partial charge in [-0.15, -0.1) is 10.2 Å². The van der Waals surface area contributed by atoms with Crippen LogP contribution in [0.4, 0.5) is 18.9 Å². The van der Waals surface area contributed by atoms with Crippen molar-refractivity contribution in [2.45, 2.75) is 67.5 Å². The van der Waals surface area contributed by atoms with Crippen molar-refractivity contribution in [3.05, 3.63) is 47.8 Å². The van der Waals surface area contributed by atoms with Gasteiger partial charge in [0.1, 0.15) is 11.5 Å². The van der Waals surface area contributed by atoms with Crippen molar-refractivity contribution >= 4 is 16.6 Å². The summed E-state index contributed by atoms with van der Waals surface area (Å²) in [6.45, 7) is -0.0894. The van der Waals surface area contributed by atoms with Crippen LogP contribution in [-0.2, 0) is 10.8 Å². The number of pyridine rings is 1. The van der Waals surface area contributed by atoms with E-state index in [1.165, 1.54) is 0 Å². The summed E-state index contributed by atoms with van der Waals surface area (Å²) in [5.74, 6) is 0.570. The fourth-order valence-corrected chi connectivity index (χ4v) is 7.26. The zero-order valence-corrected chi connectivity index (χ0v) is 19.6. The second kappa shape index (κ2) is 6.76. The van der Waals surface area contributed by atoms with Crippen LogP contribution in [0.2, 0.25) is 0 Å². The number of halogens is 3. The van der Waals surface area contributed by atoms with Crippen LogP contribution >= 0.6 is 0 Å². The fraction of sp³-hybridized carbons (Fsp3) is 0.538. The average Bonchev–Trinajstić information content (AvgIpc) is 3.19. The summed E-state index contributed by atoms with van der Waals surface area (Å²) in [4.78, 5) is 6.06. The molecule has 36 heavy (non-hydrogen) atoms. The number of anilines is 1. The Balaban J connectivity index is 1.28. The van der Waals surface area contributed by atoms with Crippen molar-refractivity contribution in [3.8, 4) is 6.07 Å². The van der Waals surface area contributed by atoms with E-state index >= 15 is 0 Å². The molecule has 186 valence electrons. The lowest BCUT2D eigenvalue weighted by Gasteiger charge is -2.49. The molecule has 0 unspecified atom stereocenters. The van der Waals surface area contributed by atoms with Gasteiger partial charge in [-0.1, -0.05) is 0 Å². The van der Waals surface area contributed by atoms with Crippen molar-refractivity contribution in [2.24, 2.45) is 11.1 Å². The smallest absolute Gasteiger partial charge is 0.397 e. The van der Waals surface area contributed by atoms with Gasteiger partial charge in [0.15, 0.2) is 0 Å². The highest BCUT2D eigenvalue weighted by atomic mass is 19.4. The summed E-state index contributed by atoms with van der Waals surface area (Å²) in [6, 6.07) is 8.98. The van der Waals surface area contributed by atoms with E-state index < -0.39 is 17.0 Å². The maximum absolute atomic E-state index is 14.6. The molecule has 2 atom stereocenters. The summed E-state index contributed by atoms with van der Waals surface area (Å²) in [5, 5.41) is 18.7. The molecule has 3 heterocycles. The number of nitriles is 1. The van der Waals surface area contributed by atoms with Crippen LogP contribution in [0.15, 0.2) is 34.9 Å². The van der Waals surface area contributed by atoms with E-state index in [1.54, 1.807) is 35.4 Å². The molecule has 0 radical (unpaired) electrons. The Labute approximate surface area is 205 Å². The first-order chi connectivity index (χ1) is 17.1. The number of nitrogens with two attached hydrogens (primary N) is 1. The van der Waals surface area contributed by atoms with Crippen LogP contribution in [-0.4, -0.2) is 40.0 Å². The highest BCUT2D eigenvalue weighted by Crippen LogP contribution is 2.75. The number of aromatic nitrogens is 3. The largest absolute Gasteiger partial charge is 0.424 e. The molecule has 0 amide bonds. The Morgan fingerprint density at radius 1 is 1.00 bits per heavy atom. The van der Waals surface area contributed by atoms with Crippen LogP contribution in [0.5, 0.6) is 0 Å². The Morgan fingerprint density at radius 2 is 1.72 bits per heavy atom. The third kappa shape index (κ3) is 2.69. The third-order valence-electron chi connectivity index (χ3n) is 9.66. The molecule has 2 aromatic heterocycles. The molecule has 1 saturated heterocycles.